The highest BCUT2D eigenvalue weighted by atomic mass is 35.5. The molecule has 1 aliphatic rings. The van der Waals surface area contributed by atoms with Crippen LogP contribution in [0.25, 0.3) is 0 Å². The number of halogens is 1. The molecule has 0 spiro atoms. The molecule has 5 heteroatoms. The van der Waals surface area contributed by atoms with E-state index in [0.29, 0.717) is 29.5 Å². The second kappa shape index (κ2) is 5.46. The molecule has 1 aromatic rings. The van der Waals surface area contributed by atoms with Crippen LogP contribution in [0.15, 0.2) is 12.4 Å². The highest BCUT2D eigenvalue weighted by molar-refractivity contribution is 6.29. The van der Waals surface area contributed by atoms with Crippen LogP contribution >= 0.6 is 11.6 Å². The summed E-state index contributed by atoms with van der Waals surface area (Å²) in [5, 5.41) is 0.360. The first kappa shape index (κ1) is 11.6. The molecule has 88 valence electrons. The molecule has 2 atom stereocenters. The predicted octanol–water partition coefficient (Wildman–Crippen LogP) is 1.88. The molecular weight excluding hydrogens is 226 g/mol. The van der Waals surface area contributed by atoms with E-state index in [4.69, 9.17) is 22.1 Å². The number of nitrogens with zero attached hydrogens (tertiary/aromatic N) is 2. The lowest BCUT2D eigenvalue weighted by Gasteiger charge is -2.17. The maximum absolute atomic E-state index is 5.72. The van der Waals surface area contributed by atoms with E-state index >= 15 is 0 Å². The van der Waals surface area contributed by atoms with Crippen molar-refractivity contribution in [3.05, 3.63) is 17.5 Å². The van der Waals surface area contributed by atoms with Gasteiger partial charge < -0.3 is 10.5 Å². The van der Waals surface area contributed by atoms with E-state index in [1.807, 2.05) is 0 Å². The fraction of sp³-hybridized carbons (Fsp3) is 0.636. The summed E-state index contributed by atoms with van der Waals surface area (Å²) in [6, 6.07) is 0. The van der Waals surface area contributed by atoms with Crippen molar-refractivity contribution in [1.82, 2.24) is 9.97 Å². The van der Waals surface area contributed by atoms with Gasteiger partial charge >= 0.3 is 0 Å². The van der Waals surface area contributed by atoms with Crippen molar-refractivity contribution in [3.63, 3.8) is 0 Å². The van der Waals surface area contributed by atoms with Gasteiger partial charge in [0, 0.05) is 0 Å². The molecule has 2 unspecified atom stereocenters. The molecule has 1 aliphatic carbocycles. The minimum atomic E-state index is 0.360. The zero-order valence-electron chi connectivity index (χ0n) is 9.10. The Morgan fingerprint density at radius 2 is 2.19 bits per heavy atom. The summed E-state index contributed by atoms with van der Waals surface area (Å²) in [5.74, 6) is 1.63. The summed E-state index contributed by atoms with van der Waals surface area (Å²) in [4.78, 5) is 7.96. The van der Waals surface area contributed by atoms with Gasteiger partial charge in [-0.3, -0.25) is 4.98 Å². The predicted molar refractivity (Wildman–Crippen MR) is 62.4 cm³/mol. The Bertz CT molecular complexity index is 348. The van der Waals surface area contributed by atoms with Crippen LogP contribution in [0.5, 0.6) is 5.88 Å². The molecule has 1 heterocycles. The van der Waals surface area contributed by atoms with Crippen LogP contribution < -0.4 is 10.5 Å². The Labute approximate surface area is 100 Å². The second-order valence-electron chi connectivity index (χ2n) is 4.18. The molecule has 1 saturated carbocycles. The fourth-order valence-electron chi connectivity index (χ4n) is 2.23. The Hall–Kier alpha value is -0.870. The average molecular weight is 242 g/mol. The van der Waals surface area contributed by atoms with Crippen LogP contribution in [0.2, 0.25) is 5.15 Å². The molecule has 2 rings (SSSR count). The van der Waals surface area contributed by atoms with Gasteiger partial charge in [0.1, 0.15) is 0 Å². The summed E-state index contributed by atoms with van der Waals surface area (Å²) in [6.07, 6.45) is 6.73. The molecule has 4 nitrogen and oxygen atoms in total. The molecular formula is C11H16ClN3O. The van der Waals surface area contributed by atoms with E-state index in [9.17, 15) is 0 Å². The van der Waals surface area contributed by atoms with Crippen LogP contribution in [0.3, 0.4) is 0 Å². The van der Waals surface area contributed by atoms with E-state index in [-0.39, 0.29) is 0 Å². The van der Waals surface area contributed by atoms with E-state index in [0.717, 1.165) is 6.54 Å². The van der Waals surface area contributed by atoms with Crippen LogP contribution in [0, 0.1) is 11.8 Å². The van der Waals surface area contributed by atoms with Crippen molar-refractivity contribution in [2.75, 3.05) is 13.2 Å². The minimum absolute atomic E-state index is 0.360. The summed E-state index contributed by atoms with van der Waals surface area (Å²) >= 11 is 5.72. The summed E-state index contributed by atoms with van der Waals surface area (Å²) < 4.78 is 5.59. The third kappa shape index (κ3) is 2.83. The van der Waals surface area contributed by atoms with Crippen molar-refractivity contribution in [3.8, 4) is 5.88 Å². The maximum atomic E-state index is 5.72. The highest BCUT2D eigenvalue weighted by Crippen LogP contribution is 2.31. The zero-order chi connectivity index (χ0) is 11.4. The minimum Gasteiger partial charge on any atom is -0.476 e. The SMILES string of the molecule is NCC1CCCC1COc1cncc(Cl)n1. The van der Waals surface area contributed by atoms with Gasteiger partial charge in [0.05, 0.1) is 19.0 Å². The summed E-state index contributed by atoms with van der Waals surface area (Å²) in [5.41, 5.74) is 5.71. The van der Waals surface area contributed by atoms with E-state index in [1.54, 1.807) is 6.20 Å². The first-order valence-electron chi connectivity index (χ1n) is 5.60. The molecule has 0 bridgehead atoms. The quantitative estimate of drug-likeness (QED) is 0.875. The number of hydrogen-bond donors (Lipinski definition) is 1. The molecule has 16 heavy (non-hydrogen) atoms. The number of ether oxygens (including phenoxy) is 1. The average Bonchev–Trinajstić information content (AvgIpc) is 2.74. The Balaban J connectivity index is 1.87. The van der Waals surface area contributed by atoms with Crippen molar-refractivity contribution < 1.29 is 4.74 Å². The molecule has 0 amide bonds. The molecule has 0 radical (unpaired) electrons. The number of rotatable bonds is 4. The van der Waals surface area contributed by atoms with Gasteiger partial charge in [-0.05, 0) is 31.2 Å². The Morgan fingerprint density at radius 1 is 1.38 bits per heavy atom. The number of aromatic nitrogens is 2. The van der Waals surface area contributed by atoms with Gasteiger partial charge in [0.2, 0.25) is 5.88 Å². The monoisotopic (exact) mass is 241 g/mol. The highest BCUT2D eigenvalue weighted by Gasteiger charge is 2.26. The lowest BCUT2D eigenvalue weighted by Crippen LogP contribution is -2.23. The maximum Gasteiger partial charge on any atom is 0.233 e. The van der Waals surface area contributed by atoms with Gasteiger partial charge in [-0.1, -0.05) is 18.0 Å². The molecule has 0 saturated heterocycles. The van der Waals surface area contributed by atoms with Crippen molar-refractivity contribution >= 4 is 11.6 Å². The molecule has 1 aromatic heterocycles. The fourth-order valence-corrected chi connectivity index (χ4v) is 2.37. The third-order valence-electron chi connectivity index (χ3n) is 3.15. The zero-order valence-corrected chi connectivity index (χ0v) is 9.86. The van der Waals surface area contributed by atoms with E-state index in [1.165, 1.54) is 25.5 Å². The van der Waals surface area contributed by atoms with Crippen LogP contribution in [0.4, 0.5) is 0 Å². The topological polar surface area (TPSA) is 61.0 Å². The molecule has 2 N–H and O–H groups in total. The van der Waals surface area contributed by atoms with Crippen LogP contribution in [-0.2, 0) is 0 Å². The van der Waals surface area contributed by atoms with Gasteiger partial charge in [0.15, 0.2) is 5.15 Å². The molecule has 0 aliphatic heterocycles. The number of nitrogens with two attached hydrogens (primary N) is 1. The van der Waals surface area contributed by atoms with Crippen molar-refractivity contribution in [1.29, 1.82) is 0 Å². The summed E-state index contributed by atoms with van der Waals surface area (Å²) in [7, 11) is 0. The smallest absolute Gasteiger partial charge is 0.233 e. The largest absolute Gasteiger partial charge is 0.476 e. The van der Waals surface area contributed by atoms with E-state index < -0.39 is 0 Å². The summed E-state index contributed by atoms with van der Waals surface area (Å²) in [6.45, 7) is 1.41. The Kier molecular flexibility index (Phi) is 3.96. The molecule has 1 fully saturated rings. The first-order chi connectivity index (χ1) is 7.79. The third-order valence-corrected chi connectivity index (χ3v) is 3.33. The first-order valence-corrected chi connectivity index (χ1v) is 5.98. The number of hydrogen-bond acceptors (Lipinski definition) is 4. The second-order valence-corrected chi connectivity index (χ2v) is 4.57. The van der Waals surface area contributed by atoms with Crippen molar-refractivity contribution in [2.24, 2.45) is 17.6 Å². The van der Waals surface area contributed by atoms with Crippen LogP contribution in [-0.4, -0.2) is 23.1 Å². The van der Waals surface area contributed by atoms with Gasteiger partial charge in [-0.15, -0.1) is 0 Å². The van der Waals surface area contributed by atoms with Gasteiger partial charge in [0.25, 0.3) is 0 Å². The van der Waals surface area contributed by atoms with Gasteiger partial charge in [-0.25, -0.2) is 0 Å². The van der Waals surface area contributed by atoms with Crippen LogP contribution in [0.1, 0.15) is 19.3 Å². The lowest BCUT2D eigenvalue weighted by atomic mass is 9.97. The molecule has 0 aromatic carbocycles. The Morgan fingerprint density at radius 3 is 2.94 bits per heavy atom. The van der Waals surface area contributed by atoms with Gasteiger partial charge in [-0.2, -0.15) is 4.98 Å². The lowest BCUT2D eigenvalue weighted by molar-refractivity contribution is 0.209. The standard InChI is InChI=1S/C11H16ClN3O/c12-10-5-14-6-11(15-10)16-7-9-3-1-2-8(9)4-13/h5-6,8-9H,1-4,7,13H2. The normalized spacial score (nSPS) is 24.6. The van der Waals surface area contributed by atoms with Crippen molar-refractivity contribution in [2.45, 2.75) is 19.3 Å². The van der Waals surface area contributed by atoms with E-state index in [2.05, 4.69) is 9.97 Å².